The number of rotatable bonds is 10. The number of hydrogen-bond acceptors (Lipinski definition) is 6. The number of carbonyl (C=O) groups excluding carboxylic acids is 2. The maximum Gasteiger partial charge on any atom is 0.410 e. The van der Waals surface area contributed by atoms with Crippen molar-refractivity contribution in [2.75, 3.05) is 13.2 Å². The van der Waals surface area contributed by atoms with Crippen molar-refractivity contribution < 1.29 is 23.8 Å². The van der Waals surface area contributed by atoms with E-state index in [1.165, 1.54) is 12.3 Å². The molecule has 33 heavy (non-hydrogen) atoms. The van der Waals surface area contributed by atoms with Gasteiger partial charge in [0.25, 0.3) is 0 Å². The Morgan fingerprint density at radius 1 is 1.18 bits per heavy atom. The second kappa shape index (κ2) is 13.5. The summed E-state index contributed by atoms with van der Waals surface area (Å²) in [6.45, 7) is 18.2. The number of benzene rings is 1. The SMILES string of the molecule is C=C/C(=C\N=C(C)Oc1ccc(CN(CCC(C)C)C(=O)OC(C)(C)C)cc1)C(=O)OCC. The number of aliphatic imine (C=N–C) groups is 1. The van der Waals surface area contributed by atoms with Crippen LogP contribution < -0.4 is 4.74 Å². The van der Waals surface area contributed by atoms with E-state index in [0.29, 0.717) is 30.7 Å². The Morgan fingerprint density at radius 3 is 2.33 bits per heavy atom. The molecule has 7 nitrogen and oxygen atoms in total. The Hall–Kier alpha value is -3.09. The summed E-state index contributed by atoms with van der Waals surface area (Å²) in [5.41, 5.74) is 0.663. The smallest absolute Gasteiger partial charge is 0.410 e. The fraction of sp³-hybridized carbons (Fsp3) is 0.500. The van der Waals surface area contributed by atoms with Crippen LogP contribution in [0.1, 0.15) is 60.5 Å². The van der Waals surface area contributed by atoms with Crippen LogP contribution >= 0.6 is 0 Å². The first-order valence-corrected chi connectivity index (χ1v) is 11.2. The van der Waals surface area contributed by atoms with E-state index < -0.39 is 11.6 Å². The molecule has 0 spiro atoms. The van der Waals surface area contributed by atoms with Crippen LogP contribution in [-0.4, -0.2) is 41.6 Å². The van der Waals surface area contributed by atoms with Gasteiger partial charge in [-0.2, -0.15) is 0 Å². The Kier molecular flexibility index (Phi) is 11.4. The molecule has 1 aromatic carbocycles. The van der Waals surface area contributed by atoms with E-state index in [1.54, 1.807) is 18.7 Å². The second-order valence-corrected chi connectivity index (χ2v) is 8.99. The number of nitrogens with zero attached hydrogens (tertiary/aromatic N) is 2. The third-order valence-corrected chi connectivity index (χ3v) is 4.31. The Labute approximate surface area is 198 Å². The minimum atomic E-state index is -0.547. The van der Waals surface area contributed by atoms with Crippen LogP contribution in [0.3, 0.4) is 0 Å². The summed E-state index contributed by atoms with van der Waals surface area (Å²) in [6, 6.07) is 7.43. The lowest BCUT2D eigenvalue weighted by molar-refractivity contribution is -0.138. The van der Waals surface area contributed by atoms with Crippen LogP contribution in [0.4, 0.5) is 4.79 Å². The highest BCUT2D eigenvalue weighted by Gasteiger charge is 2.22. The molecule has 182 valence electrons. The lowest BCUT2D eigenvalue weighted by atomic mass is 10.1. The normalized spacial score (nSPS) is 12.4. The van der Waals surface area contributed by atoms with Crippen molar-refractivity contribution in [2.45, 2.75) is 67.0 Å². The van der Waals surface area contributed by atoms with Crippen molar-refractivity contribution >= 4 is 18.0 Å². The fourth-order valence-electron chi connectivity index (χ4n) is 2.62. The van der Waals surface area contributed by atoms with Crippen molar-refractivity contribution in [3.05, 3.63) is 54.3 Å². The van der Waals surface area contributed by atoms with Gasteiger partial charge in [-0.3, -0.25) is 0 Å². The van der Waals surface area contributed by atoms with E-state index in [0.717, 1.165) is 12.0 Å². The van der Waals surface area contributed by atoms with Crippen LogP contribution in [0, 0.1) is 5.92 Å². The molecule has 0 aliphatic rings. The largest absolute Gasteiger partial charge is 0.462 e. The Balaban J connectivity index is 2.85. The number of amides is 1. The van der Waals surface area contributed by atoms with Crippen molar-refractivity contribution in [1.29, 1.82) is 0 Å². The predicted octanol–water partition coefficient (Wildman–Crippen LogP) is 5.90. The van der Waals surface area contributed by atoms with Crippen LogP contribution in [0.25, 0.3) is 0 Å². The van der Waals surface area contributed by atoms with Gasteiger partial charge >= 0.3 is 12.1 Å². The van der Waals surface area contributed by atoms with Gasteiger partial charge in [0, 0.05) is 26.2 Å². The molecule has 0 heterocycles. The molecule has 0 aliphatic heterocycles. The molecule has 0 aliphatic carbocycles. The third-order valence-electron chi connectivity index (χ3n) is 4.31. The number of esters is 1. The summed E-state index contributed by atoms with van der Waals surface area (Å²) in [4.78, 5) is 30.3. The molecule has 0 bridgehead atoms. The zero-order valence-electron chi connectivity index (χ0n) is 21.0. The van der Waals surface area contributed by atoms with Crippen LogP contribution in [0.15, 0.2) is 53.7 Å². The molecule has 0 saturated carbocycles. The summed E-state index contributed by atoms with van der Waals surface area (Å²) in [7, 11) is 0. The van der Waals surface area contributed by atoms with E-state index in [4.69, 9.17) is 14.2 Å². The average molecular weight is 459 g/mol. The number of ether oxygens (including phenoxy) is 3. The molecule has 0 saturated heterocycles. The van der Waals surface area contributed by atoms with Crippen LogP contribution in [0.5, 0.6) is 5.75 Å². The van der Waals surface area contributed by atoms with Crippen molar-refractivity contribution in [3.63, 3.8) is 0 Å². The van der Waals surface area contributed by atoms with E-state index in [1.807, 2.05) is 45.0 Å². The molecule has 1 rings (SSSR count). The zero-order chi connectivity index (χ0) is 25.0. The first-order chi connectivity index (χ1) is 15.4. The monoisotopic (exact) mass is 458 g/mol. The predicted molar refractivity (Wildman–Crippen MR) is 131 cm³/mol. The molecule has 0 atom stereocenters. The summed E-state index contributed by atoms with van der Waals surface area (Å²) >= 11 is 0. The number of hydrogen-bond donors (Lipinski definition) is 0. The second-order valence-electron chi connectivity index (χ2n) is 8.99. The van der Waals surface area contributed by atoms with Crippen LogP contribution in [0.2, 0.25) is 0 Å². The number of carbonyl (C=O) groups is 2. The third kappa shape index (κ3) is 11.4. The molecule has 0 fully saturated rings. The summed E-state index contributed by atoms with van der Waals surface area (Å²) in [5.74, 6) is 0.947. The topological polar surface area (TPSA) is 77.4 Å². The fourth-order valence-corrected chi connectivity index (χ4v) is 2.62. The van der Waals surface area contributed by atoms with Crippen molar-refractivity contribution in [1.82, 2.24) is 4.90 Å². The van der Waals surface area contributed by atoms with Crippen molar-refractivity contribution in [3.8, 4) is 5.75 Å². The van der Waals surface area contributed by atoms with E-state index in [2.05, 4.69) is 25.4 Å². The first-order valence-electron chi connectivity index (χ1n) is 11.2. The summed E-state index contributed by atoms with van der Waals surface area (Å²) in [6.07, 6.45) is 3.32. The molecular weight excluding hydrogens is 420 g/mol. The average Bonchev–Trinajstić information content (AvgIpc) is 2.71. The minimum Gasteiger partial charge on any atom is -0.462 e. The molecule has 0 N–H and O–H groups in total. The lowest BCUT2D eigenvalue weighted by Crippen LogP contribution is -2.37. The van der Waals surface area contributed by atoms with Gasteiger partial charge in [-0.25, -0.2) is 14.6 Å². The van der Waals surface area contributed by atoms with Gasteiger partial charge in [0.05, 0.1) is 12.2 Å². The molecule has 1 aromatic rings. The molecule has 0 unspecified atom stereocenters. The lowest BCUT2D eigenvalue weighted by Gasteiger charge is -2.28. The molecule has 0 radical (unpaired) electrons. The van der Waals surface area contributed by atoms with E-state index in [-0.39, 0.29) is 18.3 Å². The van der Waals surface area contributed by atoms with E-state index >= 15 is 0 Å². The molecular formula is C26H38N2O5. The summed E-state index contributed by atoms with van der Waals surface area (Å²) < 4.78 is 16.2. The Morgan fingerprint density at radius 2 is 1.82 bits per heavy atom. The highest BCUT2D eigenvalue weighted by Crippen LogP contribution is 2.17. The van der Waals surface area contributed by atoms with E-state index in [9.17, 15) is 9.59 Å². The molecule has 1 amide bonds. The highest BCUT2D eigenvalue weighted by molar-refractivity contribution is 5.91. The minimum absolute atomic E-state index is 0.249. The van der Waals surface area contributed by atoms with Gasteiger partial charge in [0.1, 0.15) is 11.4 Å². The van der Waals surface area contributed by atoms with Gasteiger partial charge in [0.2, 0.25) is 0 Å². The van der Waals surface area contributed by atoms with Gasteiger partial charge in [-0.1, -0.05) is 38.6 Å². The quantitative estimate of drug-likeness (QED) is 0.143. The zero-order valence-corrected chi connectivity index (χ0v) is 21.0. The van der Waals surface area contributed by atoms with Crippen LogP contribution in [-0.2, 0) is 20.8 Å². The van der Waals surface area contributed by atoms with Crippen molar-refractivity contribution in [2.24, 2.45) is 10.9 Å². The Bertz CT molecular complexity index is 848. The first kappa shape index (κ1) is 27.9. The van der Waals surface area contributed by atoms with Gasteiger partial charge in [-0.05, 0) is 57.7 Å². The maximum atomic E-state index is 12.6. The van der Waals surface area contributed by atoms with Gasteiger partial charge in [0.15, 0.2) is 5.90 Å². The molecule has 7 heteroatoms. The molecule has 0 aromatic heterocycles. The van der Waals surface area contributed by atoms with Gasteiger partial charge < -0.3 is 19.1 Å². The highest BCUT2D eigenvalue weighted by atomic mass is 16.6. The summed E-state index contributed by atoms with van der Waals surface area (Å²) in [5, 5.41) is 0. The standard InChI is InChI=1S/C26H38N2O5/c1-9-22(24(29)31-10-2)17-27-20(5)32-23-13-11-21(12-14-23)18-28(16-15-19(3)4)25(30)33-26(6,7)8/h9,11-14,17,19H,1,10,15-16,18H2,2-8H3/b22-17+,27-20?. The van der Waals surface area contributed by atoms with Gasteiger partial charge in [-0.15, -0.1) is 0 Å². The maximum absolute atomic E-state index is 12.6.